The van der Waals surface area contributed by atoms with E-state index < -0.39 is 6.09 Å². The normalized spacial score (nSPS) is 11.4. The zero-order valence-corrected chi connectivity index (χ0v) is 13.6. The standard InChI is InChI=1S/C15H18N4O3S/c1-3-22-15(21)19-12-6-4-11(5-7-12)18-14(20)17-10(2)13-16-8-9-23-13/h4-10H,3H2,1-2H3,(H,19,21)(H2,17,18,20)/t10-/m1/s1. The van der Waals surface area contributed by atoms with Gasteiger partial charge in [-0.1, -0.05) is 0 Å². The fourth-order valence-corrected chi connectivity index (χ4v) is 2.44. The van der Waals surface area contributed by atoms with Crippen LogP contribution < -0.4 is 16.0 Å². The molecule has 3 N–H and O–H groups in total. The van der Waals surface area contributed by atoms with Crippen molar-refractivity contribution in [1.82, 2.24) is 10.3 Å². The minimum Gasteiger partial charge on any atom is -0.450 e. The van der Waals surface area contributed by atoms with Gasteiger partial charge in [0.1, 0.15) is 5.01 Å². The molecule has 0 spiro atoms. The van der Waals surface area contributed by atoms with Crippen LogP contribution >= 0.6 is 11.3 Å². The van der Waals surface area contributed by atoms with Gasteiger partial charge in [-0.15, -0.1) is 11.3 Å². The molecule has 1 aromatic heterocycles. The zero-order chi connectivity index (χ0) is 16.7. The zero-order valence-electron chi connectivity index (χ0n) is 12.8. The SMILES string of the molecule is CCOC(=O)Nc1ccc(NC(=O)N[C@H](C)c2nccs2)cc1. The Morgan fingerprint density at radius 1 is 1.22 bits per heavy atom. The second-order valence-electron chi connectivity index (χ2n) is 4.61. The van der Waals surface area contributed by atoms with Crippen LogP contribution in [0.4, 0.5) is 21.0 Å². The van der Waals surface area contributed by atoms with E-state index in [-0.39, 0.29) is 12.1 Å². The molecular weight excluding hydrogens is 316 g/mol. The lowest BCUT2D eigenvalue weighted by Gasteiger charge is -2.12. The lowest BCUT2D eigenvalue weighted by Crippen LogP contribution is -2.31. The maximum absolute atomic E-state index is 11.9. The first-order valence-electron chi connectivity index (χ1n) is 7.09. The summed E-state index contributed by atoms with van der Waals surface area (Å²) in [5.41, 5.74) is 1.20. The van der Waals surface area contributed by atoms with Crippen molar-refractivity contribution in [3.8, 4) is 0 Å². The number of nitrogens with one attached hydrogen (secondary N) is 3. The number of urea groups is 1. The topological polar surface area (TPSA) is 92.4 Å². The van der Waals surface area contributed by atoms with Gasteiger partial charge in [0.25, 0.3) is 0 Å². The maximum Gasteiger partial charge on any atom is 0.411 e. The Kier molecular flexibility index (Phi) is 5.93. The third-order valence-electron chi connectivity index (χ3n) is 2.83. The number of benzene rings is 1. The number of ether oxygens (including phenoxy) is 1. The number of amides is 3. The molecule has 1 heterocycles. The molecule has 0 aliphatic carbocycles. The number of aromatic nitrogens is 1. The first-order chi connectivity index (χ1) is 11.1. The Bertz CT molecular complexity index is 643. The van der Waals surface area contributed by atoms with Gasteiger partial charge in [-0.2, -0.15) is 0 Å². The smallest absolute Gasteiger partial charge is 0.411 e. The highest BCUT2D eigenvalue weighted by atomic mass is 32.1. The molecule has 122 valence electrons. The van der Waals surface area contributed by atoms with Gasteiger partial charge in [-0.3, -0.25) is 5.32 Å². The van der Waals surface area contributed by atoms with Gasteiger partial charge in [0.2, 0.25) is 0 Å². The van der Waals surface area contributed by atoms with Crippen molar-refractivity contribution in [1.29, 1.82) is 0 Å². The van der Waals surface area contributed by atoms with Crippen LogP contribution in [0.2, 0.25) is 0 Å². The molecule has 23 heavy (non-hydrogen) atoms. The molecule has 0 fully saturated rings. The molecule has 2 rings (SSSR count). The third kappa shape index (κ3) is 5.26. The molecule has 7 nitrogen and oxygen atoms in total. The largest absolute Gasteiger partial charge is 0.450 e. The van der Waals surface area contributed by atoms with E-state index in [4.69, 9.17) is 4.74 Å². The average molecular weight is 334 g/mol. The van der Waals surface area contributed by atoms with Gasteiger partial charge < -0.3 is 15.4 Å². The number of thiazole rings is 1. The minimum atomic E-state index is -0.511. The lowest BCUT2D eigenvalue weighted by molar-refractivity contribution is 0.168. The summed E-state index contributed by atoms with van der Waals surface area (Å²) >= 11 is 1.49. The van der Waals surface area contributed by atoms with Crippen LogP contribution in [0, 0.1) is 0 Å². The van der Waals surface area contributed by atoms with E-state index in [1.807, 2.05) is 12.3 Å². The van der Waals surface area contributed by atoms with Crippen molar-refractivity contribution in [3.63, 3.8) is 0 Å². The highest BCUT2D eigenvalue weighted by molar-refractivity contribution is 7.09. The summed E-state index contributed by atoms with van der Waals surface area (Å²) in [6.45, 7) is 3.91. The van der Waals surface area contributed by atoms with Gasteiger partial charge in [0, 0.05) is 23.0 Å². The van der Waals surface area contributed by atoms with Crippen molar-refractivity contribution in [2.45, 2.75) is 19.9 Å². The van der Waals surface area contributed by atoms with E-state index >= 15 is 0 Å². The van der Waals surface area contributed by atoms with Crippen LogP contribution in [-0.2, 0) is 4.74 Å². The van der Waals surface area contributed by atoms with Gasteiger partial charge in [0.05, 0.1) is 12.6 Å². The van der Waals surface area contributed by atoms with Crippen LogP contribution in [0.15, 0.2) is 35.8 Å². The van der Waals surface area contributed by atoms with E-state index in [9.17, 15) is 9.59 Å². The number of rotatable bonds is 5. The molecule has 0 bridgehead atoms. The first kappa shape index (κ1) is 16.8. The van der Waals surface area contributed by atoms with E-state index in [0.29, 0.717) is 18.0 Å². The molecule has 1 aromatic carbocycles. The maximum atomic E-state index is 11.9. The Morgan fingerprint density at radius 3 is 2.43 bits per heavy atom. The van der Waals surface area contributed by atoms with Gasteiger partial charge in [-0.25, -0.2) is 14.6 Å². The van der Waals surface area contributed by atoms with Crippen LogP contribution in [0.25, 0.3) is 0 Å². The van der Waals surface area contributed by atoms with Crippen molar-refractivity contribution in [3.05, 3.63) is 40.8 Å². The monoisotopic (exact) mass is 334 g/mol. The second kappa shape index (κ2) is 8.14. The van der Waals surface area contributed by atoms with Crippen molar-refractivity contribution in [2.24, 2.45) is 0 Å². The van der Waals surface area contributed by atoms with Gasteiger partial charge in [-0.05, 0) is 38.1 Å². The first-order valence-corrected chi connectivity index (χ1v) is 7.97. The molecule has 0 saturated heterocycles. The van der Waals surface area contributed by atoms with Crippen molar-refractivity contribution >= 4 is 34.8 Å². The molecule has 0 aliphatic heterocycles. The number of hydrogen-bond acceptors (Lipinski definition) is 5. The van der Waals surface area contributed by atoms with Crippen molar-refractivity contribution in [2.75, 3.05) is 17.2 Å². The van der Waals surface area contributed by atoms with Crippen molar-refractivity contribution < 1.29 is 14.3 Å². The van der Waals surface area contributed by atoms with Crippen LogP contribution in [0.1, 0.15) is 24.9 Å². The predicted octanol–water partition coefficient (Wildman–Crippen LogP) is 3.59. The minimum absolute atomic E-state index is 0.167. The number of anilines is 2. The summed E-state index contributed by atoms with van der Waals surface area (Å²) in [5, 5.41) is 10.8. The Labute approximate surface area is 138 Å². The van der Waals surface area contributed by atoms with E-state index in [0.717, 1.165) is 5.01 Å². The molecule has 8 heteroatoms. The summed E-state index contributed by atoms with van der Waals surface area (Å²) in [5.74, 6) is 0. The number of nitrogens with zero attached hydrogens (tertiary/aromatic N) is 1. The summed E-state index contributed by atoms with van der Waals surface area (Å²) < 4.78 is 4.78. The van der Waals surface area contributed by atoms with Crippen LogP contribution in [0.5, 0.6) is 0 Å². The summed E-state index contributed by atoms with van der Waals surface area (Å²) in [7, 11) is 0. The molecular formula is C15H18N4O3S. The molecule has 0 saturated carbocycles. The average Bonchev–Trinajstić information content (AvgIpc) is 3.04. The van der Waals surface area contributed by atoms with E-state index in [1.54, 1.807) is 37.4 Å². The summed E-state index contributed by atoms with van der Waals surface area (Å²) in [4.78, 5) is 27.4. The Balaban J connectivity index is 1.85. The van der Waals surface area contributed by atoms with E-state index in [1.165, 1.54) is 11.3 Å². The molecule has 3 amide bonds. The molecule has 0 radical (unpaired) electrons. The molecule has 0 unspecified atom stereocenters. The summed E-state index contributed by atoms with van der Waals surface area (Å²) in [6, 6.07) is 6.25. The van der Waals surface area contributed by atoms with E-state index in [2.05, 4.69) is 20.9 Å². The number of hydrogen-bond donors (Lipinski definition) is 3. The Hall–Kier alpha value is -2.61. The lowest BCUT2D eigenvalue weighted by atomic mass is 10.3. The molecule has 1 atom stereocenters. The van der Waals surface area contributed by atoms with Gasteiger partial charge in [0.15, 0.2) is 0 Å². The third-order valence-corrected chi connectivity index (χ3v) is 3.79. The molecule has 0 aliphatic rings. The quantitative estimate of drug-likeness (QED) is 0.779. The van der Waals surface area contributed by atoms with Crippen LogP contribution in [0.3, 0.4) is 0 Å². The number of carbonyl (C=O) groups is 2. The van der Waals surface area contributed by atoms with Gasteiger partial charge >= 0.3 is 12.1 Å². The second-order valence-corrected chi connectivity index (χ2v) is 5.54. The predicted molar refractivity (Wildman–Crippen MR) is 89.8 cm³/mol. The fourth-order valence-electron chi connectivity index (χ4n) is 1.80. The van der Waals surface area contributed by atoms with Crippen LogP contribution in [-0.4, -0.2) is 23.7 Å². The fraction of sp³-hybridized carbons (Fsp3) is 0.267. The highest BCUT2D eigenvalue weighted by Crippen LogP contribution is 2.16. The Morgan fingerprint density at radius 2 is 1.87 bits per heavy atom. The number of carbonyl (C=O) groups excluding carboxylic acids is 2. The molecule has 2 aromatic rings. The summed E-state index contributed by atoms with van der Waals surface area (Å²) in [6.07, 6.45) is 1.19. The highest BCUT2D eigenvalue weighted by Gasteiger charge is 2.11.